The molecule has 0 bridgehead atoms. The highest BCUT2D eigenvalue weighted by atomic mass is 35.5. The summed E-state index contributed by atoms with van der Waals surface area (Å²) < 4.78 is 5.77. The number of hydrogen-bond donors (Lipinski definition) is 1. The molecule has 120 valence electrons. The molecule has 1 aromatic rings. The molecule has 0 aliphatic carbocycles. The summed E-state index contributed by atoms with van der Waals surface area (Å²) >= 11 is 0. The van der Waals surface area contributed by atoms with Crippen molar-refractivity contribution in [1.82, 2.24) is 4.90 Å². The fraction of sp³-hybridized carbons (Fsp3) is 0.647. The largest absolute Gasteiger partial charge is 0.491 e. The Balaban J connectivity index is 0.00000220. The second kappa shape index (κ2) is 9.29. The molecule has 1 aliphatic rings. The molecule has 0 amide bonds. The first kappa shape index (κ1) is 18.3. The topological polar surface area (TPSA) is 38.5 Å². The first-order valence-electron chi connectivity index (χ1n) is 7.85. The van der Waals surface area contributed by atoms with E-state index in [1.54, 1.807) is 0 Å². The lowest BCUT2D eigenvalue weighted by Gasteiger charge is -2.32. The van der Waals surface area contributed by atoms with Crippen LogP contribution >= 0.6 is 12.4 Å². The minimum absolute atomic E-state index is 0. The van der Waals surface area contributed by atoms with Crippen LogP contribution in [0.5, 0.6) is 5.75 Å². The Labute approximate surface area is 135 Å². The first-order valence-corrected chi connectivity index (χ1v) is 7.85. The number of nitrogens with two attached hydrogens (primary N) is 1. The van der Waals surface area contributed by atoms with E-state index in [1.165, 1.54) is 31.5 Å². The Morgan fingerprint density at radius 2 is 2.19 bits per heavy atom. The lowest BCUT2D eigenvalue weighted by Crippen LogP contribution is -2.35. The number of rotatable bonds is 6. The summed E-state index contributed by atoms with van der Waals surface area (Å²) in [6, 6.07) is 8.50. The van der Waals surface area contributed by atoms with Gasteiger partial charge in [-0.25, -0.2) is 0 Å². The van der Waals surface area contributed by atoms with E-state index in [4.69, 9.17) is 10.5 Å². The fourth-order valence-electron chi connectivity index (χ4n) is 3.01. The second-order valence-electron chi connectivity index (χ2n) is 6.13. The average Bonchev–Trinajstić information content (AvgIpc) is 2.39. The summed E-state index contributed by atoms with van der Waals surface area (Å²) in [4.78, 5) is 2.55. The lowest BCUT2D eigenvalue weighted by atomic mass is 9.94. The summed E-state index contributed by atoms with van der Waals surface area (Å²) in [5.74, 6) is 1.76. The maximum Gasteiger partial charge on any atom is 0.120 e. The predicted molar refractivity (Wildman–Crippen MR) is 91.1 cm³/mol. The third-order valence-electron chi connectivity index (χ3n) is 3.85. The maximum absolute atomic E-state index is 5.77. The number of hydrogen-bond acceptors (Lipinski definition) is 3. The number of piperidine rings is 1. The third-order valence-corrected chi connectivity index (χ3v) is 3.85. The van der Waals surface area contributed by atoms with Gasteiger partial charge in [-0.2, -0.15) is 0 Å². The zero-order valence-electron chi connectivity index (χ0n) is 13.3. The van der Waals surface area contributed by atoms with Gasteiger partial charge in [-0.3, -0.25) is 4.90 Å². The number of benzene rings is 1. The van der Waals surface area contributed by atoms with Gasteiger partial charge in [0.25, 0.3) is 0 Å². The van der Waals surface area contributed by atoms with Crippen molar-refractivity contribution < 1.29 is 4.74 Å². The zero-order chi connectivity index (χ0) is 14.4. The molecule has 1 atom stereocenters. The number of ether oxygens (including phenoxy) is 1. The SMILES string of the molecule is CC(C)Oc1cccc(CN2CCCC(CCN)C2)c1.Cl. The van der Waals surface area contributed by atoms with Crippen molar-refractivity contribution in [1.29, 1.82) is 0 Å². The molecule has 21 heavy (non-hydrogen) atoms. The van der Waals surface area contributed by atoms with Crippen LogP contribution in [0.4, 0.5) is 0 Å². The standard InChI is InChI=1S/C17H28N2O.ClH/c1-14(2)20-17-7-3-5-16(11-17)13-19-10-4-6-15(12-19)8-9-18;/h3,5,7,11,14-15H,4,6,8-10,12-13,18H2,1-2H3;1H. The van der Waals surface area contributed by atoms with Crippen LogP contribution in [-0.2, 0) is 6.54 Å². The van der Waals surface area contributed by atoms with E-state index in [-0.39, 0.29) is 18.5 Å². The van der Waals surface area contributed by atoms with Crippen molar-refractivity contribution in [2.24, 2.45) is 11.7 Å². The van der Waals surface area contributed by atoms with Crippen molar-refractivity contribution in [2.45, 2.75) is 45.8 Å². The fourth-order valence-corrected chi connectivity index (χ4v) is 3.01. The minimum atomic E-state index is 0. The van der Waals surface area contributed by atoms with Gasteiger partial charge in [0.2, 0.25) is 0 Å². The van der Waals surface area contributed by atoms with E-state index in [0.717, 1.165) is 31.2 Å². The molecule has 1 fully saturated rings. The van der Waals surface area contributed by atoms with Crippen molar-refractivity contribution in [3.05, 3.63) is 29.8 Å². The Hall–Kier alpha value is -0.770. The summed E-state index contributed by atoms with van der Waals surface area (Å²) in [5, 5.41) is 0. The van der Waals surface area contributed by atoms with Crippen molar-refractivity contribution in [2.75, 3.05) is 19.6 Å². The number of halogens is 1. The highest BCUT2D eigenvalue weighted by molar-refractivity contribution is 5.85. The molecule has 1 saturated heterocycles. The second-order valence-corrected chi connectivity index (χ2v) is 6.13. The molecule has 1 unspecified atom stereocenters. The van der Waals surface area contributed by atoms with E-state index in [2.05, 4.69) is 36.9 Å². The molecular weight excluding hydrogens is 284 g/mol. The zero-order valence-corrected chi connectivity index (χ0v) is 14.1. The van der Waals surface area contributed by atoms with Crippen molar-refractivity contribution in [3.63, 3.8) is 0 Å². The normalized spacial score (nSPS) is 19.3. The maximum atomic E-state index is 5.77. The van der Waals surface area contributed by atoms with Crippen LogP contribution < -0.4 is 10.5 Å². The van der Waals surface area contributed by atoms with Crippen molar-refractivity contribution >= 4 is 12.4 Å². The summed E-state index contributed by atoms with van der Waals surface area (Å²) in [7, 11) is 0. The quantitative estimate of drug-likeness (QED) is 0.874. The van der Waals surface area contributed by atoms with Gasteiger partial charge in [-0.05, 0) is 69.8 Å². The Bertz CT molecular complexity index is 410. The number of nitrogens with zero attached hydrogens (tertiary/aromatic N) is 1. The molecule has 1 aliphatic heterocycles. The molecule has 1 aromatic carbocycles. The lowest BCUT2D eigenvalue weighted by molar-refractivity contribution is 0.163. The Morgan fingerprint density at radius 1 is 1.38 bits per heavy atom. The molecule has 2 rings (SSSR count). The van der Waals surface area contributed by atoms with Gasteiger partial charge >= 0.3 is 0 Å². The monoisotopic (exact) mass is 312 g/mol. The van der Waals surface area contributed by atoms with E-state index in [9.17, 15) is 0 Å². The number of likely N-dealkylation sites (tertiary alicyclic amines) is 1. The molecule has 4 heteroatoms. The molecule has 2 N–H and O–H groups in total. The summed E-state index contributed by atoms with van der Waals surface area (Å²) in [6.07, 6.45) is 4.03. The molecule has 0 spiro atoms. The molecule has 0 saturated carbocycles. The van der Waals surface area contributed by atoms with Crippen LogP contribution in [0.15, 0.2) is 24.3 Å². The van der Waals surface area contributed by atoms with E-state index < -0.39 is 0 Å². The molecule has 3 nitrogen and oxygen atoms in total. The van der Waals surface area contributed by atoms with Crippen LogP contribution in [0.3, 0.4) is 0 Å². The average molecular weight is 313 g/mol. The molecular formula is C17H29ClN2O. The van der Waals surface area contributed by atoms with Gasteiger partial charge in [-0.1, -0.05) is 12.1 Å². The van der Waals surface area contributed by atoms with Crippen LogP contribution in [0.25, 0.3) is 0 Å². The molecule has 0 aromatic heterocycles. The van der Waals surface area contributed by atoms with E-state index in [0.29, 0.717) is 0 Å². The highest BCUT2D eigenvalue weighted by Gasteiger charge is 2.19. The van der Waals surface area contributed by atoms with Crippen LogP contribution in [0.1, 0.15) is 38.7 Å². The van der Waals surface area contributed by atoms with Crippen LogP contribution in [0.2, 0.25) is 0 Å². The van der Waals surface area contributed by atoms with Gasteiger partial charge in [0, 0.05) is 13.1 Å². The smallest absolute Gasteiger partial charge is 0.120 e. The predicted octanol–water partition coefficient (Wildman–Crippen LogP) is 3.46. The molecule has 0 radical (unpaired) electrons. The third kappa shape index (κ3) is 6.25. The molecule has 1 heterocycles. The Kier molecular flexibility index (Phi) is 8.09. The van der Waals surface area contributed by atoms with Crippen LogP contribution in [0, 0.1) is 5.92 Å². The van der Waals surface area contributed by atoms with E-state index >= 15 is 0 Å². The summed E-state index contributed by atoms with van der Waals surface area (Å²) in [5.41, 5.74) is 7.03. The highest BCUT2D eigenvalue weighted by Crippen LogP contribution is 2.22. The summed E-state index contributed by atoms with van der Waals surface area (Å²) in [6.45, 7) is 8.36. The van der Waals surface area contributed by atoms with Gasteiger partial charge < -0.3 is 10.5 Å². The van der Waals surface area contributed by atoms with Gasteiger partial charge in [0.1, 0.15) is 5.75 Å². The van der Waals surface area contributed by atoms with Gasteiger partial charge in [-0.15, -0.1) is 12.4 Å². The minimum Gasteiger partial charge on any atom is -0.491 e. The van der Waals surface area contributed by atoms with E-state index in [1.807, 2.05) is 6.07 Å². The first-order chi connectivity index (χ1) is 9.67. The van der Waals surface area contributed by atoms with Crippen molar-refractivity contribution in [3.8, 4) is 5.75 Å². The Morgan fingerprint density at radius 3 is 2.90 bits per heavy atom. The van der Waals surface area contributed by atoms with Gasteiger partial charge in [0.15, 0.2) is 0 Å². The van der Waals surface area contributed by atoms with Gasteiger partial charge in [0.05, 0.1) is 6.10 Å². The van der Waals surface area contributed by atoms with Crippen LogP contribution in [-0.4, -0.2) is 30.6 Å².